The predicted octanol–water partition coefficient (Wildman–Crippen LogP) is 1.53. The Kier molecular flexibility index (Phi) is 3.12. The molecular weight excluding hydrogens is 252 g/mol. The molecule has 1 aliphatic carbocycles. The van der Waals surface area contributed by atoms with Gasteiger partial charge >= 0.3 is 0 Å². The normalized spacial score (nSPS) is 13.6. The average Bonchev–Trinajstić information content (AvgIpc) is 2.96. The largest absolute Gasteiger partial charge is 0.375 e. The van der Waals surface area contributed by atoms with E-state index in [0.29, 0.717) is 12.2 Å². The van der Waals surface area contributed by atoms with Crippen LogP contribution < -0.4 is 10.9 Å². The minimum atomic E-state index is 0.0174. The fourth-order valence-electron chi connectivity index (χ4n) is 2.91. The van der Waals surface area contributed by atoms with Gasteiger partial charge in [-0.15, -0.1) is 0 Å². The molecule has 5 heteroatoms. The van der Waals surface area contributed by atoms with Crippen molar-refractivity contribution < 1.29 is 0 Å². The molecule has 3 rings (SSSR count). The Morgan fingerprint density at radius 1 is 1.35 bits per heavy atom. The predicted molar refractivity (Wildman–Crippen MR) is 79.0 cm³/mol. The molecule has 0 unspecified atom stereocenters. The third-order valence-electron chi connectivity index (χ3n) is 4.11. The molecule has 5 nitrogen and oxygen atoms in total. The maximum atomic E-state index is 12.1. The van der Waals surface area contributed by atoms with Crippen molar-refractivity contribution in [3.05, 3.63) is 45.1 Å². The van der Waals surface area contributed by atoms with E-state index in [1.54, 1.807) is 17.8 Å². The van der Waals surface area contributed by atoms with Gasteiger partial charge in [0.2, 0.25) is 0 Å². The SMILES string of the molecule is Cc1ccn(C)c(=O)c1NCc1c2c(nn1C)CCC2. The van der Waals surface area contributed by atoms with Gasteiger partial charge in [-0.25, -0.2) is 0 Å². The van der Waals surface area contributed by atoms with Gasteiger partial charge in [-0.3, -0.25) is 9.48 Å². The van der Waals surface area contributed by atoms with Gasteiger partial charge in [0, 0.05) is 20.3 Å². The van der Waals surface area contributed by atoms with Crippen LogP contribution in [0.1, 0.15) is 28.9 Å². The van der Waals surface area contributed by atoms with E-state index < -0.39 is 0 Å². The van der Waals surface area contributed by atoms with Crippen molar-refractivity contribution in [3.63, 3.8) is 0 Å². The number of hydrogen-bond acceptors (Lipinski definition) is 3. The first-order valence-corrected chi connectivity index (χ1v) is 7.01. The van der Waals surface area contributed by atoms with Gasteiger partial charge in [0.15, 0.2) is 0 Å². The van der Waals surface area contributed by atoms with Crippen LogP contribution in [-0.4, -0.2) is 14.3 Å². The summed E-state index contributed by atoms with van der Waals surface area (Å²) in [6.07, 6.45) is 5.17. The molecule has 0 atom stereocenters. The van der Waals surface area contributed by atoms with Crippen LogP contribution >= 0.6 is 0 Å². The number of anilines is 1. The van der Waals surface area contributed by atoms with E-state index in [0.717, 1.165) is 18.4 Å². The highest BCUT2D eigenvalue weighted by molar-refractivity contribution is 5.49. The highest BCUT2D eigenvalue weighted by Crippen LogP contribution is 2.24. The van der Waals surface area contributed by atoms with Crippen molar-refractivity contribution in [2.24, 2.45) is 14.1 Å². The number of aromatic nitrogens is 3. The Hall–Kier alpha value is -2.04. The van der Waals surface area contributed by atoms with E-state index in [1.807, 2.05) is 24.7 Å². The second-order valence-corrected chi connectivity index (χ2v) is 5.49. The number of nitrogens with one attached hydrogen (secondary N) is 1. The van der Waals surface area contributed by atoms with Crippen LogP contribution in [0.3, 0.4) is 0 Å². The molecule has 1 aliphatic rings. The summed E-state index contributed by atoms with van der Waals surface area (Å²) in [6.45, 7) is 2.61. The van der Waals surface area contributed by atoms with Gasteiger partial charge in [-0.1, -0.05) is 0 Å². The number of pyridine rings is 1. The number of nitrogens with zero attached hydrogens (tertiary/aromatic N) is 3. The minimum Gasteiger partial charge on any atom is -0.375 e. The minimum absolute atomic E-state index is 0.0174. The Labute approximate surface area is 118 Å². The standard InChI is InChI=1S/C15H20N4O/c1-10-7-8-18(2)15(20)14(10)16-9-13-11-5-4-6-12(11)17-19(13)3/h7-8,16H,4-6,9H2,1-3H3. The van der Waals surface area contributed by atoms with Gasteiger partial charge in [0.25, 0.3) is 5.56 Å². The number of fused-ring (bicyclic) bond motifs is 1. The highest BCUT2D eigenvalue weighted by atomic mass is 16.1. The molecule has 0 aromatic carbocycles. The topological polar surface area (TPSA) is 51.9 Å². The van der Waals surface area contributed by atoms with Crippen molar-refractivity contribution in [3.8, 4) is 0 Å². The monoisotopic (exact) mass is 272 g/mol. The molecule has 0 aliphatic heterocycles. The summed E-state index contributed by atoms with van der Waals surface area (Å²) in [5.74, 6) is 0. The highest BCUT2D eigenvalue weighted by Gasteiger charge is 2.20. The van der Waals surface area contributed by atoms with Gasteiger partial charge in [-0.2, -0.15) is 5.10 Å². The van der Waals surface area contributed by atoms with Crippen LogP contribution in [0.25, 0.3) is 0 Å². The lowest BCUT2D eigenvalue weighted by atomic mass is 10.2. The van der Waals surface area contributed by atoms with Crippen molar-refractivity contribution in [1.29, 1.82) is 0 Å². The van der Waals surface area contributed by atoms with Gasteiger partial charge in [0.1, 0.15) is 5.69 Å². The Morgan fingerprint density at radius 3 is 2.95 bits per heavy atom. The lowest BCUT2D eigenvalue weighted by molar-refractivity contribution is 0.687. The summed E-state index contributed by atoms with van der Waals surface area (Å²) in [5, 5.41) is 7.86. The van der Waals surface area contributed by atoms with Crippen molar-refractivity contribution >= 4 is 5.69 Å². The molecule has 0 fully saturated rings. The van der Waals surface area contributed by atoms with E-state index in [2.05, 4.69) is 10.4 Å². The maximum absolute atomic E-state index is 12.1. The molecule has 2 aromatic heterocycles. The lowest BCUT2D eigenvalue weighted by Crippen LogP contribution is -2.22. The van der Waals surface area contributed by atoms with E-state index in [9.17, 15) is 4.79 Å². The molecule has 0 amide bonds. The fourth-order valence-corrected chi connectivity index (χ4v) is 2.91. The summed E-state index contributed by atoms with van der Waals surface area (Å²) in [4.78, 5) is 12.1. The molecule has 0 saturated heterocycles. The Balaban J connectivity index is 1.88. The van der Waals surface area contributed by atoms with Crippen LogP contribution in [0, 0.1) is 6.92 Å². The third-order valence-corrected chi connectivity index (χ3v) is 4.11. The zero-order valence-electron chi connectivity index (χ0n) is 12.2. The van der Waals surface area contributed by atoms with Gasteiger partial charge in [-0.05, 0) is 43.4 Å². The van der Waals surface area contributed by atoms with Gasteiger partial charge in [0.05, 0.1) is 17.9 Å². The molecule has 0 bridgehead atoms. The van der Waals surface area contributed by atoms with E-state index in [1.165, 1.54) is 23.4 Å². The van der Waals surface area contributed by atoms with Crippen LogP contribution in [0.5, 0.6) is 0 Å². The summed E-state index contributed by atoms with van der Waals surface area (Å²) in [7, 11) is 3.75. The first kappa shape index (κ1) is 13.0. The molecule has 2 heterocycles. The maximum Gasteiger partial charge on any atom is 0.273 e. The fraction of sp³-hybridized carbons (Fsp3) is 0.467. The number of rotatable bonds is 3. The molecule has 0 spiro atoms. The third kappa shape index (κ3) is 2.03. The van der Waals surface area contributed by atoms with Crippen LogP contribution in [0.4, 0.5) is 5.69 Å². The summed E-state index contributed by atoms with van der Waals surface area (Å²) in [5.41, 5.74) is 5.47. The Bertz CT molecular complexity index is 711. The molecule has 1 N–H and O–H groups in total. The number of hydrogen-bond donors (Lipinski definition) is 1. The van der Waals surface area contributed by atoms with E-state index in [4.69, 9.17) is 0 Å². The van der Waals surface area contributed by atoms with Crippen molar-refractivity contribution in [1.82, 2.24) is 14.3 Å². The zero-order chi connectivity index (χ0) is 14.3. The summed E-state index contributed by atoms with van der Waals surface area (Å²) in [6, 6.07) is 1.96. The molecule has 2 aromatic rings. The van der Waals surface area contributed by atoms with E-state index >= 15 is 0 Å². The summed E-state index contributed by atoms with van der Waals surface area (Å²) < 4.78 is 3.54. The van der Waals surface area contributed by atoms with Crippen molar-refractivity contribution in [2.45, 2.75) is 32.7 Å². The van der Waals surface area contributed by atoms with Crippen LogP contribution in [0.15, 0.2) is 17.1 Å². The van der Waals surface area contributed by atoms with Crippen LogP contribution in [0.2, 0.25) is 0 Å². The Morgan fingerprint density at radius 2 is 2.15 bits per heavy atom. The average molecular weight is 272 g/mol. The number of aryl methyl sites for hydroxylation is 4. The molecule has 20 heavy (non-hydrogen) atoms. The van der Waals surface area contributed by atoms with Crippen LogP contribution in [-0.2, 0) is 33.5 Å². The smallest absolute Gasteiger partial charge is 0.273 e. The first-order chi connectivity index (χ1) is 9.58. The second-order valence-electron chi connectivity index (χ2n) is 5.49. The first-order valence-electron chi connectivity index (χ1n) is 7.01. The second kappa shape index (κ2) is 4.81. The molecule has 0 saturated carbocycles. The quantitative estimate of drug-likeness (QED) is 0.922. The molecular formula is C15H20N4O. The van der Waals surface area contributed by atoms with Gasteiger partial charge < -0.3 is 9.88 Å². The molecule has 0 radical (unpaired) electrons. The molecule has 106 valence electrons. The van der Waals surface area contributed by atoms with E-state index in [-0.39, 0.29) is 5.56 Å². The lowest BCUT2D eigenvalue weighted by Gasteiger charge is -2.11. The summed E-state index contributed by atoms with van der Waals surface area (Å²) >= 11 is 0. The zero-order valence-corrected chi connectivity index (χ0v) is 12.2. The van der Waals surface area contributed by atoms with Crippen molar-refractivity contribution in [2.75, 3.05) is 5.32 Å².